The van der Waals surface area contributed by atoms with Gasteiger partial charge in [-0.15, -0.1) is 0 Å². The third kappa shape index (κ3) is 3.74. The van der Waals surface area contributed by atoms with Crippen molar-refractivity contribution >= 4 is 21.7 Å². The van der Waals surface area contributed by atoms with Gasteiger partial charge in [0.15, 0.2) is 11.6 Å². The predicted molar refractivity (Wildman–Crippen MR) is 80.1 cm³/mol. The van der Waals surface area contributed by atoms with Crippen LogP contribution in [0.5, 0.6) is 5.75 Å². The molecule has 0 bridgehead atoms. The quantitative estimate of drug-likeness (QED) is 0.709. The lowest BCUT2D eigenvalue weighted by molar-refractivity contribution is 0.158. The van der Waals surface area contributed by atoms with Gasteiger partial charge in [0.25, 0.3) is 0 Å². The molecule has 1 atom stereocenters. The van der Waals surface area contributed by atoms with Crippen molar-refractivity contribution in [3.63, 3.8) is 0 Å². The van der Waals surface area contributed by atoms with E-state index in [-0.39, 0.29) is 25.2 Å². The predicted octanol–water partition coefficient (Wildman–Crippen LogP) is -0.468. The number of aliphatic hydroxyl groups is 1. The Bertz CT molecular complexity index is 605. The van der Waals surface area contributed by atoms with Crippen LogP contribution in [0.3, 0.4) is 0 Å². The Morgan fingerprint density at radius 2 is 2.24 bits per heavy atom. The average Bonchev–Trinajstić information content (AvgIpc) is 2.36. The molecule has 0 saturated carbocycles. The van der Waals surface area contributed by atoms with Gasteiger partial charge < -0.3 is 20.1 Å². The molecule has 0 saturated heterocycles. The minimum Gasteiger partial charge on any atom is -0.483 e. The molecule has 0 spiro atoms. The van der Waals surface area contributed by atoms with Crippen LogP contribution < -0.4 is 14.4 Å². The van der Waals surface area contributed by atoms with Crippen LogP contribution in [-0.4, -0.2) is 69.7 Å². The summed E-state index contributed by atoms with van der Waals surface area (Å²) in [7, 11) is 0.340. The number of nitrogens with one attached hydrogen (secondary N) is 1. The first-order valence-corrected chi connectivity index (χ1v) is 8.31. The Hall–Kier alpha value is -1.58. The first kappa shape index (κ1) is 15.8. The highest BCUT2D eigenvalue weighted by Crippen LogP contribution is 2.34. The number of hydrogen-bond donors (Lipinski definition) is 2. The fraction of sp³-hybridized carbons (Fsp3) is 0.583. The van der Waals surface area contributed by atoms with Gasteiger partial charge in [-0.05, 0) is 26.2 Å². The van der Waals surface area contributed by atoms with E-state index < -0.39 is 10.0 Å². The fourth-order valence-electron chi connectivity index (χ4n) is 2.17. The minimum absolute atomic E-state index is 0.208. The minimum atomic E-state index is -3.46. The largest absolute Gasteiger partial charge is 0.483 e. The molecular weight excluding hydrogens is 296 g/mol. The van der Waals surface area contributed by atoms with E-state index >= 15 is 0 Å². The third-order valence-corrected chi connectivity index (χ3v) is 4.09. The molecule has 1 aromatic heterocycles. The first-order chi connectivity index (χ1) is 9.81. The molecule has 0 amide bonds. The van der Waals surface area contributed by atoms with E-state index in [4.69, 9.17) is 9.84 Å². The second-order valence-corrected chi connectivity index (χ2v) is 7.06. The lowest BCUT2D eigenvalue weighted by Gasteiger charge is -2.34. The molecular formula is C12H20N4O4S. The first-order valence-electron chi connectivity index (χ1n) is 6.46. The molecule has 1 aliphatic heterocycles. The van der Waals surface area contributed by atoms with E-state index in [1.165, 1.54) is 4.31 Å². The van der Waals surface area contributed by atoms with Crippen LogP contribution in [0.15, 0.2) is 12.1 Å². The maximum absolute atomic E-state index is 12.0. The molecule has 0 aliphatic carbocycles. The van der Waals surface area contributed by atoms with Gasteiger partial charge in [0, 0.05) is 6.54 Å². The molecule has 2 rings (SSSR count). The molecule has 21 heavy (non-hydrogen) atoms. The lowest BCUT2D eigenvalue weighted by atomic mass is 10.2. The molecule has 0 fully saturated rings. The van der Waals surface area contributed by atoms with E-state index in [1.54, 1.807) is 12.1 Å². The van der Waals surface area contributed by atoms with Gasteiger partial charge in [0.1, 0.15) is 18.7 Å². The number of aliphatic hydroxyl groups excluding tert-OH is 1. The van der Waals surface area contributed by atoms with Gasteiger partial charge in [-0.3, -0.25) is 0 Å². The standard InChI is InChI=1S/C12H20N4O4S/c1-15(2)6-9-7-16(21(3,18)19)12-10(20-9)4-5-11(14-12)13-8-17/h4-5,9,17H,6-8H2,1-3H3,(H,13,14)/t9-/m0/s1. The van der Waals surface area contributed by atoms with Gasteiger partial charge in [-0.1, -0.05) is 0 Å². The SMILES string of the molecule is CN(C)C[C@H]1CN(S(C)(=O)=O)c2nc(NCO)ccc2O1. The highest BCUT2D eigenvalue weighted by molar-refractivity contribution is 7.92. The zero-order valence-corrected chi connectivity index (χ0v) is 13.1. The number of rotatable bonds is 5. The molecule has 8 nitrogen and oxygen atoms in total. The Kier molecular flexibility index (Phi) is 4.55. The molecule has 9 heteroatoms. The van der Waals surface area contributed by atoms with Crippen molar-refractivity contribution in [3.8, 4) is 5.75 Å². The summed E-state index contributed by atoms with van der Waals surface area (Å²) < 4.78 is 31.0. The van der Waals surface area contributed by atoms with Crippen LogP contribution in [0, 0.1) is 0 Å². The molecule has 2 N–H and O–H groups in total. The average molecular weight is 316 g/mol. The topological polar surface area (TPSA) is 95.0 Å². The van der Waals surface area contributed by atoms with Gasteiger partial charge in [-0.25, -0.2) is 17.7 Å². The van der Waals surface area contributed by atoms with Gasteiger partial charge >= 0.3 is 0 Å². The number of aromatic nitrogens is 1. The summed E-state index contributed by atoms with van der Waals surface area (Å²) in [4.78, 5) is 6.14. The molecule has 2 heterocycles. The number of hydrogen-bond acceptors (Lipinski definition) is 7. The van der Waals surface area contributed by atoms with Crippen LogP contribution >= 0.6 is 0 Å². The zero-order chi connectivity index (χ0) is 15.6. The van der Waals surface area contributed by atoms with Crippen molar-refractivity contribution in [1.82, 2.24) is 9.88 Å². The van der Waals surface area contributed by atoms with E-state index in [2.05, 4.69) is 10.3 Å². The summed E-state index contributed by atoms with van der Waals surface area (Å²) in [5.41, 5.74) is 0. The maximum atomic E-state index is 12.0. The number of nitrogens with zero attached hydrogens (tertiary/aromatic N) is 3. The molecule has 1 aliphatic rings. The van der Waals surface area contributed by atoms with E-state index in [9.17, 15) is 8.42 Å². The van der Waals surface area contributed by atoms with E-state index in [0.29, 0.717) is 18.1 Å². The Morgan fingerprint density at radius 3 is 2.81 bits per heavy atom. The van der Waals surface area contributed by atoms with Crippen molar-refractivity contribution in [3.05, 3.63) is 12.1 Å². The fourth-order valence-corrected chi connectivity index (χ4v) is 3.05. The second-order valence-electron chi connectivity index (χ2n) is 5.15. The molecule has 0 radical (unpaired) electrons. The molecule has 118 valence electrons. The van der Waals surface area contributed by atoms with Crippen LogP contribution in [0.2, 0.25) is 0 Å². The summed E-state index contributed by atoms with van der Waals surface area (Å²) in [6.45, 7) is 0.524. The van der Waals surface area contributed by atoms with Crippen molar-refractivity contribution in [1.29, 1.82) is 0 Å². The zero-order valence-electron chi connectivity index (χ0n) is 12.3. The van der Waals surface area contributed by atoms with Crippen LogP contribution in [-0.2, 0) is 10.0 Å². The summed E-state index contributed by atoms with van der Waals surface area (Å²) in [5.74, 6) is 1.05. The summed E-state index contributed by atoms with van der Waals surface area (Å²) in [5, 5.41) is 11.5. The van der Waals surface area contributed by atoms with Crippen LogP contribution in [0.25, 0.3) is 0 Å². The highest BCUT2D eigenvalue weighted by Gasteiger charge is 2.32. The van der Waals surface area contributed by atoms with Crippen molar-refractivity contribution in [2.24, 2.45) is 0 Å². The second kappa shape index (κ2) is 6.04. The normalized spacial score (nSPS) is 18.3. The summed E-state index contributed by atoms with van der Waals surface area (Å²) in [6, 6.07) is 3.29. The number of pyridine rings is 1. The van der Waals surface area contributed by atoms with Gasteiger partial charge in [0.05, 0.1) is 12.8 Å². The number of likely N-dealkylation sites (N-methyl/N-ethyl adjacent to an activating group) is 1. The lowest BCUT2D eigenvalue weighted by Crippen LogP contribution is -2.47. The Morgan fingerprint density at radius 1 is 1.52 bits per heavy atom. The van der Waals surface area contributed by atoms with E-state index in [1.807, 2.05) is 19.0 Å². The van der Waals surface area contributed by atoms with Crippen LogP contribution in [0.4, 0.5) is 11.6 Å². The number of sulfonamides is 1. The Balaban J connectivity index is 2.38. The molecule has 1 aromatic rings. The van der Waals surface area contributed by atoms with Crippen molar-refractivity contribution in [2.75, 3.05) is 49.8 Å². The number of ether oxygens (including phenoxy) is 1. The third-order valence-electron chi connectivity index (χ3n) is 2.97. The maximum Gasteiger partial charge on any atom is 0.233 e. The molecule has 0 aromatic carbocycles. The van der Waals surface area contributed by atoms with Crippen molar-refractivity contribution < 1.29 is 18.3 Å². The Labute approximate surface area is 124 Å². The summed E-state index contributed by atoms with van der Waals surface area (Å²) >= 11 is 0. The highest BCUT2D eigenvalue weighted by atomic mass is 32.2. The van der Waals surface area contributed by atoms with E-state index in [0.717, 1.165) is 6.26 Å². The molecule has 0 unspecified atom stereocenters. The smallest absolute Gasteiger partial charge is 0.233 e. The monoisotopic (exact) mass is 316 g/mol. The van der Waals surface area contributed by atoms with Crippen molar-refractivity contribution in [2.45, 2.75) is 6.10 Å². The van der Waals surface area contributed by atoms with Gasteiger partial charge in [-0.2, -0.15) is 0 Å². The number of anilines is 2. The summed E-state index contributed by atoms with van der Waals surface area (Å²) in [6.07, 6.45) is 0.878. The van der Waals surface area contributed by atoms with Gasteiger partial charge in [0.2, 0.25) is 10.0 Å². The van der Waals surface area contributed by atoms with Crippen LogP contribution in [0.1, 0.15) is 0 Å². The number of fused-ring (bicyclic) bond motifs is 1.